The molecule has 0 aromatic carbocycles. The Morgan fingerprint density at radius 3 is 2.00 bits per heavy atom. The lowest BCUT2D eigenvalue weighted by Crippen LogP contribution is -2.18. The van der Waals surface area contributed by atoms with Crippen LogP contribution in [-0.4, -0.2) is 11.6 Å². The summed E-state index contributed by atoms with van der Waals surface area (Å²) in [6, 6.07) is 3.48. The van der Waals surface area contributed by atoms with Gasteiger partial charge in [0.25, 0.3) is 5.91 Å². The summed E-state index contributed by atoms with van der Waals surface area (Å²) in [7, 11) is 0. The predicted octanol–water partition coefficient (Wildman–Crippen LogP) is 5.79. The third-order valence-electron chi connectivity index (χ3n) is 4.04. The molecule has 0 unspecified atom stereocenters. The highest BCUT2D eigenvalue weighted by Gasteiger charge is 2.09. The van der Waals surface area contributed by atoms with Gasteiger partial charge in [0, 0.05) is 5.71 Å². The largest absolute Gasteiger partial charge is 0.281 e. The average molecular weight is 341 g/mol. The number of halogens is 1. The molecule has 0 saturated heterocycles. The fraction of sp³-hybridized carbons (Fsp3) is 0.647. The van der Waals surface area contributed by atoms with E-state index in [0.29, 0.717) is 9.21 Å². The molecule has 22 heavy (non-hydrogen) atoms. The molecule has 1 aliphatic carbocycles. The van der Waals surface area contributed by atoms with Crippen LogP contribution in [0, 0.1) is 0 Å². The summed E-state index contributed by atoms with van der Waals surface area (Å²) in [4.78, 5) is 12.6. The van der Waals surface area contributed by atoms with E-state index in [4.69, 9.17) is 11.6 Å². The van der Waals surface area contributed by atoms with E-state index in [9.17, 15) is 4.79 Å². The fourth-order valence-corrected chi connectivity index (χ4v) is 3.69. The first-order chi connectivity index (χ1) is 10.8. The number of carbonyl (C=O) groups excluding carboxylic acids is 1. The molecule has 1 fully saturated rings. The van der Waals surface area contributed by atoms with Crippen molar-refractivity contribution in [1.29, 1.82) is 0 Å². The standard InChI is InChI=1S/C17H25ClN2OS/c18-16-13-12-15(22-16)17(21)20-19-14-10-8-6-4-2-1-3-5-7-9-11-14/h12-13H,1-11H2,(H,20,21). The molecular formula is C17H25ClN2OS. The lowest BCUT2D eigenvalue weighted by molar-refractivity contribution is 0.0958. The summed E-state index contributed by atoms with van der Waals surface area (Å²) >= 11 is 7.14. The lowest BCUT2D eigenvalue weighted by atomic mass is 10.00. The monoisotopic (exact) mass is 340 g/mol. The first-order valence-electron chi connectivity index (χ1n) is 8.37. The maximum atomic E-state index is 12.0. The van der Waals surface area contributed by atoms with Crippen LogP contribution in [0.4, 0.5) is 0 Å². The van der Waals surface area contributed by atoms with E-state index >= 15 is 0 Å². The summed E-state index contributed by atoms with van der Waals surface area (Å²) in [5, 5.41) is 4.38. The Hall–Kier alpha value is -0.870. The van der Waals surface area contributed by atoms with Crippen molar-refractivity contribution in [3.8, 4) is 0 Å². The number of nitrogens with one attached hydrogen (secondary N) is 1. The molecule has 0 atom stereocenters. The number of hydrazone groups is 1. The zero-order valence-electron chi connectivity index (χ0n) is 13.1. The Balaban J connectivity index is 1.86. The SMILES string of the molecule is O=C(NN=C1CCCCCCCCCCC1)c1ccc(Cl)s1. The van der Waals surface area contributed by atoms with Gasteiger partial charge in [-0.15, -0.1) is 11.3 Å². The minimum Gasteiger partial charge on any atom is -0.266 e. The van der Waals surface area contributed by atoms with Gasteiger partial charge in [-0.25, -0.2) is 5.43 Å². The summed E-state index contributed by atoms with van der Waals surface area (Å²) < 4.78 is 0.629. The first-order valence-corrected chi connectivity index (χ1v) is 9.56. The highest BCUT2D eigenvalue weighted by molar-refractivity contribution is 7.17. The molecule has 0 aliphatic heterocycles. The van der Waals surface area contributed by atoms with Crippen molar-refractivity contribution in [3.63, 3.8) is 0 Å². The molecule has 2 rings (SSSR count). The van der Waals surface area contributed by atoms with Crippen molar-refractivity contribution in [1.82, 2.24) is 5.43 Å². The van der Waals surface area contributed by atoms with E-state index in [2.05, 4.69) is 10.5 Å². The fourth-order valence-electron chi connectivity index (χ4n) is 2.75. The third-order valence-corrected chi connectivity index (χ3v) is 5.27. The number of nitrogens with zero attached hydrogens (tertiary/aromatic N) is 1. The van der Waals surface area contributed by atoms with Gasteiger partial charge in [0.15, 0.2) is 0 Å². The number of carbonyl (C=O) groups is 1. The van der Waals surface area contributed by atoms with Crippen molar-refractivity contribution in [2.45, 2.75) is 70.6 Å². The smallest absolute Gasteiger partial charge is 0.266 e. The van der Waals surface area contributed by atoms with Gasteiger partial charge in [0.1, 0.15) is 0 Å². The van der Waals surface area contributed by atoms with Gasteiger partial charge in [-0.3, -0.25) is 4.79 Å². The van der Waals surface area contributed by atoms with E-state index in [0.717, 1.165) is 18.6 Å². The number of amides is 1. The molecule has 3 nitrogen and oxygen atoms in total. The van der Waals surface area contributed by atoms with Crippen molar-refractivity contribution in [2.24, 2.45) is 5.10 Å². The van der Waals surface area contributed by atoms with Crippen LogP contribution < -0.4 is 5.43 Å². The number of hydrogen-bond donors (Lipinski definition) is 1. The van der Waals surface area contributed by atoms with Gasteiger partial charge in [-0.1, -0.05) is 56.5 Å². The summed E-state index contributed by atoms with van der Waals surface area (Å²) in [6.07, 6.45) is 13.7. The summed E-state index contributed by atoms with van der Waals surface area (Å²) in [6.45, 7) is 0. The molecule has 1 aromatic rings. The highest BCUT2D eigenvalue weighted by atomic mass is 35.5. The lowest BCUT2D eigenvalue weighted by Gasteiger charge is -2.09. The van der Waals surface area contributed by atoms with Crippen LogP contribution in [0.25, 0.3) is 0 Å². The van der Waals surface area contributed by atoms with Gasteiger partial charge >= 0.3 is 0 Å². The predicted molar refractivity (Wildman–Crippen MR) is 95.0 cm³/mol. The second-order valence-electron chi connectivity index (χ2n) is 5.90. The number of hydrogen-bond acceptors (Lipinski definition) is 3. The van der Waals surface area contributed by atoms with E-state index in [1.165, 1.54) is 69.1 Å². The van der Waals surface area contributed by atoms with Crippen molar-refractivity contribution < 1.29 is 4.79 Å². The third kappa shape index (κ3) is 6.49. The minimum absolute atomic E-state index is 0.157. The van der Waals surface area contributed by atoms with Gasteiger partial charge in [-0.05, 0) is 37.8 Å². The average Bonchev–Trinajstić information content (AvgIpc) is 2.93. The van der Waals surface area contributed by atoms with Crippen LogP contribution in [0.2, 0.25) is 4.34 Å². The Kier molecular flexibility index (Phi) is 7.95. The van der Waals surface area contributed by atoms with Crippen LogP contribution in [0.1, 0.15) is 80.3 Å². The van der Waals surface area contributed by atoms with Crippen molar-refractivity contribution in [2.75, 3.05) is 0 Å². The number of thiophene rings is 1. The van der Waals surface area contributed by atoms with E-state index < -0.39 is 0 Å². The second-order valence-corrected chi connectivity index (χ2v) is 7.62. The van der Waals surface area contributed by atoms with Crippen LogP contribution in [0.15, 0.2) is 17.2 Å². The van der Waals surface area contributed by atoms with Gasteiger partial charge in [-0.2, -0.15) is 5.10 Å². The molecule has 0 radical (unpaired) electrons. The zero-order valence-corrected chi connectivity index (χ0v) is 14.6. The highest BCUT2D eigenvalue weighted by Crippen LogP contribution is 2.21. The van der Waals surface area contributed by atoms with E-state index in [1.54, 1.807) is 12.1 Å². The molecule has 1 saturated carbocycles. The molecule has 0 spiro atoms. The Morgan fingerprint density at radius 1 is 0.955 bits per heavy atom. The van der Waals surface area contributed by atoms with Crippen molar-refractivity contribution in [3.05, 3.63) is 21.3 Å². The molecule has 1 N–H and O–H groups in total. The maximum absolute atomic E-state index is 12.0. The molecule has 0 bridgehead atoms. The van der Waals surface area contributed by atoms with Gasteiger partial charge in [0.2, 0.25) is 0 Å². The molecule has 5 heteroatoms. The van der Waals surface area contributed by atoms with Gasteiger partial charge < -0.3 is 0 Å². The van der Waals surface area contributed by atoms with Crippen LogP contribution in [0.3, 0.4) is 0 Å². The Labute approximate surface area is 142 Å². The molecule has 1 heterocycles. The normalized spacial score (nSPS) is 18.1. The van der Waals surface area contributed by atoms with Crippen LogP contribution in [-0.2, 0) is 0 Å². The topological polar surface area (TPSA) is 41.5 Å². The molecular weight excluding hydrogens is 316 g/mol. The molecule has 122 valence electrons. The van der Waals surface area contributed by atoms with Gasteiger partial charge in [0.05, 0.1) is 9.21 Å². The Morgan fingerprint density at radius 2 is 1.50 bits per heavy atom. The van der Waals surface area contributed by atoms with Crippen molar-refractivity contribution >= 4 is 34.6 Å². The van der Waals surface area contributed by atoms with Crippen LogP contribution >= 0.6 is 22.9 Å². The molecule has 1 aromatic heterocycles. The maximum Gasteiger partial charge on any atom is 0.281 e. The van der Waals surface area contributed by atoms with Crippen LogP contribution in [0.5, 0.6) is 0 Å². The summed E-state index contributed by atoms with van der Waals surface area (Å²) in [5.74, 6) is -0.157. The first kappa shape index (κ1) is 17.5. The summed E-state index contributed by atoms with van der Waals surface area (Å²) in [5.41, 5.74) is 3.83. The Bertz CT molecular complexity index is 485. The number of rotatable bonds is 2. The molecule has 1 aliphatic rings. The second kappa shape index (κ2) is 10.0. The zero-order chi connectivity index (χ0) is 15.6. The van der Waals surface area contributed by atoms with E-state index in [-0.39, 0.29) is 5.91 Å². The van der Waals surface area contributed by atoms with E-state index in [1.807, 2.05) is 0 Å². The molecule has 1 amide bonds. The minimum atomic E-state index is -0.157. The quantitative estimate of drug-likeness (QED) is 0.680.